The van der Waals surface area contributed by atoms with Gasteiger partial charge >= 0.3 is 0 Å². The maximum atomic E-state index is 11.6. The zero-order chi connectivity index (χ0) is 11.7. The lowest BCUT2D eigenvalue weighted by atomic mass is 10.2. The Bertz CT molecular complexity index is 454. The molecule has 0 bridgehead atoms. The van der Waals surface area contributed by atoms with Crippen LogP contribution in [0.1, 0.15) is 12.5 Å². The summed E-state index contributed by atoms with van der Waals surface area (Å²) < 4.78 is 21.0. The van der Waals surface area contributed by atoms with Crippen molar-refractivity contribution in [3.8, 4) is 0 Å². The van der Waals surface area contributed by atoms with Crippen molar-refractivity contribution in [3.05, 3.63) is 36.4 Å². The second-order valence-electron chi connectivity index (χ2n) is 3.15. The first-order valence-corrected chi connectivity index (χ1v) is 6.03. The van der Waals surface area contributed by atoms with Crippen LogP contribution in [0.4, 0.5) is 0 Å². The van der Waals surface area contributed by atoms with Gasteiger partial charge in [-0.15, -0.1) is 0 Å². The maximum Gasteiger partial charge on any atom is 0.243 e. The van der Waals surface area contributed by atoms with Gasteiger partial charge in [0.15, 0.2) is 0 Å². The number of hydrogen-bond acceptors (Lipinski definition) is 3. The summed E-state index contributed by atoms with van der Waals surface area (Å²) >= 11 is 5.38. The van der Waals surface area contributed by atoms with Crippen LogP contribution in [0.25, 0.3) is 6.08 Å². The number of sulfone groups is 1. The predicted octanol–water partition coefficient (Wildman–Crippen LogP) is 2.01. The van der Waals surface area contributed by atoms with Crippen molar-refractivity contribution in [2.45, 2.75) is 16.2 Å². The van der Waals surface area contributed by atoms with Gasteiger partial charge in [-0.3, -0.25) is 0 Å². The summed E-state index contributed by atoms with van der Waals surface area (Å²) in [4.78, 5) is -0.0203. The molecular formula is C10H11ClO3S. The Balaban J connectivity index is 3.24. The van der Waals surface area contributed by atoms with Crippen LogP contribution in [0.3, 0.4) is 0 Å². The van der Waals surface area contributed by atoms with E-state index in [0.29, 0.717) is 0 Å². The number of aliphatic hydroxyl groups is 1. The lowest BCUT2D eigenvalue weighted by Crippen LogP contribution is -2.28. The highest BCUT2D eigenvalue weighted by Gasteiger charge is 2.35. The van der Waals surface area contributed by atoms with E-state index in [0.717, 1.165) is 12.5 Å². The minimum absolute atomic E-state index is 0.0203. The summed E-state index contributed by atoms with van der Waals surface area (Å²) in [5, 5.41) is 9.28. The molecule has 0 amide bonds. The number of rotatable bonds is 3. The smallest absolute Gasteiger partial charge is 0.243 e. The Morgan fingerprint density at radius 2 is 1.87 bits per heavy atom. The van der Waals surface area contributed by atoms with Crippen LogP contribution in [0, 0.1) is 0 Å². The van der Waals surface area contributed by atoms with Gasteiger partial charge in [0.25, 0.3) is 0 Å². The third-order valence-corrected chi connectivity index (χ3v) is 4.40. The summed E-state index contributed by atoms with van der Waals surface area (Å²) in [5.74, 6) is 0. The fraction of sp³-hybridized carbons (Fsp3) is 0.200. The zero-order valence-electron chi connectivity index (χ0n) is 8.14. The normalized spacial score (nSPS) is 15.7. The van der Waals surface area contributed by atoms with E-state index in [-0.39, 0.29) is 4.90 Å². The van der Waals surface area contributed by atoms with Crippen LogP contribution < -0.4 is 0 Å². The first-order valence-electron chi connectivity index (χ1n) is 4.17. The highest BCUT2D eigenvalue weighted by molar-refractivity contribution is 7.93. The molecule has 0 spiro atoms. The van der Waals surface area contributed by atoms with Gasteiger partial charge in [0, 0.05) is 0 Å². The van der Waals surface area contributed by atoms with Crippen LogP contribution >= 0.6 is 11.6 Å². The van der Waals surface area contributed by atoms with Crippen LogP contribution in [-0.2, 0) is 9.84 Å². The first-order chi connectivity index (χ1) is 6.79. The standard InChI is InChI=1S/C10H11ClO3S/c1-3-8-4-6-9(7-5-8)15(13,14)10(2,11)12/h3-7,12H,1H2,2H3. The van der Waals surface area contributed by atoms with Crippen LogP contribution in [-0.4, -0.2) is 17.9 Å². The van der Waals surface area contributed by atoms with Gasteiger partial charge in [0.1, 0.15) is 0 Å². The van der Waals surface area contributed by atoms with E-state index < -0.39 is 14.2 Å². The molecule has 15 heavy (non-hydrogen) atoms. The highest BCUT2D eigenvalue weighted by atomic mass is 35.5. The van der Waals surface area contributed by atoms with Crippen molar-refractivity contribution in [3.63, 3.8) is 0 Å². The molecule has 0 aliphatic rings. The molecule has 0 radical (unpaired) electrons. The van der Waals surface area contributed by atoms with Crippen LogP contribution in [0.15, 0.2) is 35.7 Å². The Morgan fingerprint density at radius 3 is 2.20 bits per heavy atom. The molecule has 1 N–H and O–H groups in total. The molecule has 1 aromatic rings. The molecule has 5 heteroatoms. The fourth-order valence-corrected chi connectivity index (χ4v) is 2.19. The van der Waals surface area contributed by atoms with Crippen molar-refractivity contribution in [1.82, 2.24) is 0 Å². The van der Waals surface area contributed by atoms with Gasteiger partial charge in [-0.25, -0.2) is 8.42 Å². The largest absolute Gasteiger partial charge is 0.363 e. The lowest BCUT2D eigenvalue weighted by Gasteiger charge is -2.15. The maximum absolute atomic E-state index is 11.6. The number of hydrogen-bond donors (Lipinski definition) is 1. The van der Waals surface area contributed by atoms with E-state index >= 15 is 0 Å². The van der Waals surface area contributed by atoms with Crippen molar-refractivity contribution in [1.29, 1.82) is 0 Å². The fourth-order valence-electron chi connectivity index (χ4n) is 0.998. The van der Waals surface area contributed by atoms with E-state index in [4.69, 9.17) is 11.6 Å². The molecule has 0 saturated heterocycles. The van der Waals surface area contributed by atoms with E-state index in [9.17, 15) is 13.5 Å². The molecule has 0 heterocycles. The second kappa shape index (κ2) is 3.96. The van der Waals surface area contributed by atoms with Crippen LogP contribution in [0.5, 0.6) is 0 Å². The minimum atomic E-state index is -3.91. The Kier molecular flexibility index (Phi) is 3.23. The Hall–Kier alpha value is -0.840. The van der Waals surface area contributed by atoms with Crippen molar-refractivity contribution < 1.29 is 13.5 Å². The highest BCUT2D eigenvalue weighted by Crippen LogP contribution is 2.26. The summed E-state index contributed by atoms with van der Waals surface area (Å²) in [6.07, 6.45) is 1.59. The summed E-state index contributed by atoms with van der Waals surface area (Å²) in [6, 6.07) is 5.93. The molecule has 1 atom stereocenters. The van der Waals surface area contributed by atoms with Crippen LogP contribution in [0.2, 0.25) is 0 Å². The molecule has 1 aromatic carbocycles. The predicted molar refractivity (Wildman–Crippen MR) is 60.2 cm³/mol. The van der Waals surface area contributed by atoms with Crippen molar-refractivity contribution in [2.75, 3.05) is 0 Å². The van der Waals surface area contributed by atoms with Crippen molar-refractivity contribution >= 4 is 27.5 Å². The van der Waals surface area contributed by atoms with Gasteiger partial charge in [-0.05, 0) is 24.6 Å². The molecule has 0 aliphatic carbocycles. The molecule has 0 aromatic heterocycles. The summed E-state index contributed by atoms with van der Waals surface area (Å²) in [5.41, 5.74) is 0.795. The first kappa shape index (κ1) is 12.2. The third-order valence-electron chi connectivity index (χ3n) is 1.92. The average molecular weight is 247 g/mol. The number of benzene rings is 1. The molecular weight excluding hydrogens is 236 g/mol. The molecule has 0 saturated carbocycles. The van der Waals surface area contributed by atoms with Gasteiger partial charge < -0.3 is 5.11 Å². The summed E-state index contributed by atoms with van der Waals surface area (Å²) in [7, 11) is -3.91. The number of alkyl halides is 1. The molecule has 3 nitrogen and oxygen atoms in total. The van der Waals surface area contributed by atoms with Gasteiger partial charge in [-0.2, -0.15) is 0 Å². The molecule has 82 valence electrons. The van der Waals surface area contributed by atoms with Gasteiger partial charge in [0.2, 0.25) is 14.2 Å². The topological polar surface area (TPSA) is 54.4 Å². The average Bonchev–Trinajstić information content (AvgIpc) is 2.16. The van der Waals surface area contributed by atoms with Gasteiger partial charge in [0.05, 0.1) is 4.90 Å². The minimum Gasteiger partial charge on any atom is -0.363 e. The molecule has 1 rings (SSSR count). The van der Waals surface area contributed by atoms with E-state index in [1.54, 1.807) is 18.2 Å². The quantitative estimate of drug-likeness (QED) is 0.830. The third kappa shape index (κ3) is 2.40. The summed E-state index contributed by atoms with van der Waals surface area (Å²) in [6.45, 7) is 4.57. The van der Waals surface area contributed by atoms with E-state index in [2.05, 4.69) is 6.58 Å². The Morgan fingerprint density at radius 1 is 1.40 bits per heavy atom. The zero-order valence-corrected chi connectivity index (χ0v) is 9.72. The van der Waals surface area contributed by atoms with Gasteiger partial charge in [-0.1, -0.05) is 36.4 Å². The molecule has 0 fully saturated rings. The lowest BCUT2D eigenvalue weighted by molar-refractivity contribution is 0.228. The van der Waals surface area contributed by atoms with E-state index in [1.165, 1.54) is 12.1 Å². The van der Waals surface area contributed by atoms with Crippen molar-refractivity contribution in [2.24, 2.45) is 0 Å². The second-order valence-corrected chi connectivity index (χ2v) is 6.38. The molecule has 0 aliphatic heterocycles. The molecule has 1 unspecified atom stereocenters. The monoisotopic (exact) mass is 246 g/mol. The number of halogens is 1. The Labute approximate surface area is 93.9 Å². The van der Waals surface area contributed by atoms with E-state index in [1.807, 2.05) is 0 Å². The SMILES string of the molecule is C=Cc1ccc(S(=O)(=O)C(C)(O)Cl)cc1.